The lowest BCUT2D eigenvalue weighted by Gasteiger charge is -2.35. The van der Waals surface area contributed by atoms with Crippen LogP contribution in [-0.4, -0.2) is 46.2 Å². The number of hydrogen-bond donors (Lipinski definition) is 1. The van der Waals surface area contributed by atoms with Crippen LogP contribution in [0, 0.1) is 0 Å². The lowest BCUT2D eigenvalue weighted by molar-refractivity contribution is 0.249. The van der Waals surface area contributed by atoms with Gasteiger partial charge in [-0.3, -0.25) is 9.88 Å². The molecule has 3 aromatic rings. The molecule has 0 bridgehead atoms. The largest absolute Gasteiger partial charge is 0.508 e. The maximum Gasteiger partial charge on any atom is 0.147 e. The summed E-state index contributed by atoms with van der Waals surface area (Å²) in [5.41, 5.74) is 3.02. The Morgan fingerprint density at radius 2 is 1.71 bits per heavy atom. The third-order valence-corrected chi connectivity index (χ3v) is 4.45. The molecule has 1 fully saturated rings. The summed E-state index contributed by atoms with van der Waals surface area (Å²) in [6.45, 7) is 4.69. The van der Waals surface area contributed by atoms with Gasteiger partial charge in [0.05, 0.1) is 17.2 Å². The van der Waals surface area contributed by atoms with E-state index in [4.69, 9.17) is 4.98 Å². The van der Waals surface area contributed by atoms with Crippen LogP contribution in [0.15, 0.2) is 54.7 Å². The molecule has 1 aliphatic heterocycles. The lowest BCUT2D eigenvalue weighted by atomic mass is 10.2. The van der Waals surface area contributed by atoms with Gasteiger partial charge >= 0.3 is 0 Å². The van der Waals surface area contributed by atoms with E-state index < -0.39 is 0 Å². The van der Waals surface area contributed by atoms with Crippen molar-refractivity contribution in [2.24, 2.45) is 0 Å². The highest BCUT2D eigenvalue weighted by Gasteiger charge is 2.18. The van der Waals surface area contributed by atoms with Crippen LogP contribution in [-0.2, 0) is 6.54 Å². The Bertz CT molecular complexity index is 843. The average molecular weight is 320 g/mol. The fourth-order valence-electron chi connectivity index (χ4n) is 3.15. The molecule has 0 spiro atoms. The maximum atomic E-state index is 9.58. The smallest absolute Gasteiger partial charge is 0.147 e. The van der Waals surface area contributed by atoms with E-state index in [-0.39, 0.29) is 0 Å². The van der Waals surface area contributed by atoms with Gasteiger partial charge in [-0.05, 0) is 29.8 Å². The molecular weight excluding hydrogens is 300 g/mol. The van der Waals surface area contributed by atoms with E-state index in [0.29, 0.717) is 5.75 Å². The van der Waals surface area contributed by atoms with Crippen LogP contribution < -0.4 is 4.90 Å². The molecule has 1 aliphatic rings. The Hall–Kier alpha value is -2.66. The number of fused-ring (bicyclic) bond motifs is 1. The van der Waals surface area contributed by atoms with E-state index >= 15 is 0 Å². The minimum Gasteiger partial charge on any atom is -0.508 e. The Kier molecular flexibility index (Phi) is 4.01. The zero-order valence-electron chi connectivity index (χ0n) is 13.5. The van der Waals surface area contributed by atoms with Crippen LogP contribution >= 0.6 is 0 Å². The number of benzene rings is 2. The number of aromatic nitrogens is 2. The van der Waals surface area contributed by atoms with Gasteiger partial charge in [0.1, 0.15) is 11.6 Å². The van der Waals surface area contributed by atoms with Crippen molar-refractivity contribution < 1.29 is 5.11 Å². The van der Waals surface area contributed by atoms with Gasteiger partial charge in [0.15, 0.2) is 0 Å². The van der Waals surface area contributed by atoms with E-state index in [1.807, 2.05) is 42.6 Å². The summed E-state index contributed by atoms with van der Waals surface area (Å²) in [5, 5.41) is 9.58. The highest BCUT2D eigenvalue weighted by Crippen LogP contribution is 2.18. The molecular formula is C19H20N4O. The monoisotopic (exact) mass is 320 g/mol. The number of anilines is 1. The van der Waals surface area contributed by atoms with Gasteiger partial charge in [0.25, 0.3) is 0 Å². The third-order valence-electron chi connectivity index (χ3n) is 4.45. The Morgan fingerprint density at radius 1 is 0.917 bits per heavy atom. The van der Waals surface area contributed by atoms with E-state index in [2.05, 4.69) is 20.9 Å². The Balaban J connectivity index is 1.41. The van der Waals surface area contributed by atoms with Crippen LogP contribution in [0.5, 0.6) is 5.75 Å². The summed E-state index contributed by atoms with van der Waals surface area (Å²) in [5.74, 6) is 1.28. The summed E-state index contributed by atoms with van der Waals surface area (Å²) in [6.07, 6.45) is 1.87. The van der Waals surface area contributed by atoms with Crippen molar-refractivity contribution in [2.75, 3.05) is 31.1 Å². The molecule has 0 saturated carbocycles. The van der Waals surface area contributed by atoms with Gasteiger partial charge in [0.2, 0.25) is 0 Å². The highest BCUT2D eigenvalue weighted by atomic mass is 16.3. The fraction of sp³-hybridized carbons (Fsp3) is 0.263. The highest BCUT2D eigenvalue weighted by molar-refractivity contribution is 5.75. The SMILES string of the molecule is Oc1cccc(CN2CCN(c3cnc4ccccc4n3)CC2)c1. The second-order valence-corrected chi connectivity index (χ2v) is 6.15. The molecule has 0 unspecified atom stereocenters. The summed E-state index contributed by atoms with van der Waals surface area (Å²) in [6, 6.07) is 15.5. The third kappa shape index (κ3) is 3.16. The quantitative estimate of drug-likeness (QED) is 0.804. The summed E-state index contributed by atoms with van der Waals surface area (Å²) in [7, 11) is 0. The van der Waals surface area contributed by atoms with Gasteiger partial charge in [-0.1, -0.05) is 24.3 Å². The first-order valence-electron chi connectivity index (χ1n) is 8.25. The average Bonchev–Trinajstić information content (AvgIpc) is 2.62. The van der Waals surface area contributed by atoms with Crippen LogP contribution in [0.25, 0.3) is 11.0 Å². The molecule has 24 heavy (non-hydrogen) atoms. The molecule has 0 aliphatic carbocycles. The summed E-state index contributed by atoms with van der Waals surface area (Å²) in [4.78, 5) is 13.9. The van der Waals surface area contributed by atoms with E-state index in [9.17, 15) is 5.11 Å². The van der Waals surface area contributed by atoms with Gasteiger partial charge in [-0.15, -0.1) is 0 Å². The van der Waals surface area contributed by atoms with Crippen molar-refractivity contribution in [1.82, 2.24) is 14.9 Å². The number of para-hydroxylation sites is 2. The minimum atomic E-state index is 0.331. The topological polar surface area (TPSA) is 52.5 Å². The molecule has 4 rings (SSSR count). The summed E-state index contributed by atoms with van der Waals surface area (Å²) < 4.78 is 0. The van der Waals surface area contributed by atoms with Gasteiger partial charge in [-0.25, -0.2) is 4.98 Å². The van der Waals surface area contributed by atoms with Crippen molar-refractivity contribution in [2.45, 2.75) is 6.54 Å². The normalized spacial score (nSPS) is 15.8. The van der Waals surface area contributed by atoms with Crippen molar-refractivity contribution in [3.05, 3.63) is 60.3 Å². The molecule has 2 heterocycles. The van der Waals surface area contributed by atoms with E-state index in [0.717, 1.165) is 55.1 Å². The second-order valence-electron chi connectivity index (χ2n) is 6.15. The standard InChI is InChI=1S/C19H20N4O/c24-16-5-3-4-15(12-16)14-22-8-10-23(11-9-22)19-13-20-17-6-1-2-7-18(17)21-19/h1-7,12-13,24H,8-11,14H2. The second kappa shape index (κ2) is 6.45. The first-order valence-corrected chi connectivity index (χ1v) is 8.25. The predicted molar refractivity (Wildman–Crippen MR) is 95.1 cm³/mol. The first-order chi connectivity index (χ1) is 11.8. The molecule has 1 saturated heterocycles. The van der Waals surface area contributed by atoms with Crippen LogP contribution in [0.2, 0.25) is 0 Å². The number of piperazine rings is 1. The molecule has 5 nitrogen and oxygen atoms in total. The Morgan fingerprint density at radius 3 is 2.50 bits per heavy atom. The van der Waals surface area contributed by atoms with Gasteiger partial charge in [-0.2, -0.15) is 0 Å². The number of rotatable bonds is 3. The fourth-order valence-corrected chi connectivity index (χ4v) is 3.15. The van der Waals surface area contributed by atoms with Crippen LogP contribution in [0.4, 0.5) is 5.82 Å². The molecule has 122 valence electrons. The van der Waals surface area contributed by atoms with E-state index in [1.54, 1.807) is 6.07 Å². The number of nitrogens with zero attached hydrogens (tertiary/aromatic N) is 4. The number of phenolic OH excluding ortho intramolecular Hbond substituents is 1. The maximum absolute atomic E-state index is 9.58. The molecule has 0 atom stereocenters. The first kappa shape index (κ1) is 14.9. The zero-order valence-corrected chi connectivity index (χ0v) is 13.5. The molecule has 5 heteroatoms. The van der Waals surface area contributed by atoms with E-state index in [1.165, 1.54) is 0 Å². The van der Waals surface area contributed by atoms with Crippen molar-refractivity contribution >= 4 is 16.9 Å². The van der Waals surface area contributed by atoms with Crippen LogP contribution in [0.3, 0.4) is 0 Å². The lowest BCUT2D eigenvalue weighted by Crippen LogP contribution is -2.46. The number of hydrogen-bond acceptors (Lipinski definition) is 5. The zero-order chi connectivity index (χ0) is 16.4. The van der Waals surface area contributed by atoms with Crippen molar-refractivity contribution in [3.8, 4) is 5.75 Å². The molecule has 0 radical (unpaired) electrons. The van der Waals surface area contributed by atoms with Crippen molar-refractivity contribution in [3.63, 3.8) is 0 Å². The summed E-state index contributed by atoms with van der Waals surface area (Å²) >= 11 is 0. The molecule has 0 amide bonds. The number of aromatic hydroxyl groups is 1. The van der Waals surface area contributed by atoms with Crippen molar-refractivity contribution in [1.29, 1.82) is 0 Å². The Labute approximate surface area is 141 Å². The number of phenols is 1. The van der Waals surface area contributed by atoms with Crippen LogP contribution in [0.1, 0.15) is 5.56 Å². The molecule has 2 aromatic carbocycles. The van der Waals surface area contributed by atoms with Gasteiger partial charge in [0, 0.05) is 32.7 Å². The predicted octanol–water partition coefficient (Wildman–Crippen LogP) is 2.66. The minimum absolute atomic E-state index is 0.331. The van der Waals surface area contributed by atoms with Gasteiger partial charge < -0.3 is 10.0 Å². The molecule has 1 N–H and O–H groups in total. The molecule has 1 aromatic heterocycles.